The van der Waals surface area contributed by atoms with Gasteiger partial charge in [-0.15, -0.1) is 0 Å². The number of fused-ring (bicyclic) bond motifs is 3. The fourth-order valence-corrected chi connectivity index (χ4v) is 4.32. The first kappa shape index (κ1) is 24.9. The van der Waals surface area contributed by atoms with Crippen LogP contribution in [0.3, 0.4) is 0 Å². The standard InChI is InChI=1S/C28H28N2O6/c1-28(2,3)36-26(33)24-17(9-8-14-29-24)15-23(25(31)32)30-27(34)35-16-22-20-12-6-4-10-18(20)19-11-5-7-13-21(19)22/h4-14,22-23H,15-16H2,1-3H3,(H,30,34)(H,31,32)/t23-/m0/s1. The van der Waals surface area contributed by atoms with Crippen molar-refractivity contribution < 1.29 is 29.0 Å². The summed E-state index contributed by atoms with van der Waals surface area (Å²) in [7, 11) is 0. The van der Waals surface area contributed by atoms with Crippen LogP contribution in [-0.4, -0.2) is 46.4 Å². The lowest BCUT2D eigenvalue weighted by molar-refractivity contribution is -0.139. The number of nitrogens with one attached hydrogen (secondary N) is 1. The fourth-order valence-electron chi connectivity index (χ4n) is 4.32. The van der Waals surface area contributed by atoms with Gasteiger partial charge in [-0.25, -0.2) is 19.4 Å². The van der Waals surface area contributed by atoms with Gasteiger partial charge in [-0.2, -0.15) is 0 Å². The number of pyridine rings is 1. The van der Waals surface area contributed by atoms with E-state index >= 15 is 0 Å². The first-order valence-electron chi connectivity index (χ1n) is 11.7. The average molecular weight is 489 g/mol. The Balaban J connectivity index is 1.44. The van der Waals surface area contributed by atoms with E-state index in [0.29, 0.717) is 5.56 Å². The van der Waals surface area contributed by atoms with Gasteiger partial charge in [0.05, 0.1) is 0 Å². The van der Waals surface area contributed by atoms with Crippen molar-refractivity contribution in [1.29, 1.82) is 0 Å². The first-order chi connectivity index (χ1) is 17.1. The molecule has 0 saturated carbocycles. The third-order valence-corrected chi connectivity index (χ3v) is 5.84. The summed E-state index contributed by atoms with van der Waals surface area (Å²) in [5, 5.41) is 12.1. The van der Waals surface area contributed by atoms with E-state index in [2.05, 4.69) is 10.3 Å². The summed E-state index contributed by atoms with van der Waals surface area (Å²) in [6, 6.07) is 17.7. The molecule has 1 atom stereocenters. The zero-order valence-corrected chi connectivity index (χ0v) is 20.4. The second kappa shape index (κ2) is 10.2. The number of carbonyl (C=O) groups excluding carboxylic acids is 2. The number of hydrogen-bond donors (Lipinski definition) is 2. The smallest absolute Gasteiger partial charge is 0.407 e. The van der Waals surface area contributed by atoms with Crippen molar-refractivity contribution in [3.8, 4) is 11.1 Å². The molecule has 0 spiro atoms. The number of alkyl carbamates (subject to hydrolysis) is 1. The van der Waals surface area contributed by atoms with E-state index < -0.39 is 29.7 Å². The quantitative estimate of drug-likeness (QED) is 0.468. The second-order valence-electron chi connectivity index (χ2n) is 9.58. The first-order valence-corrected chi connectivity index (χ1v) is 11.7. The normalized spacial score (nSPS) is 13.3. The third kappa shape index (κ3) is 5.54. The van der Waals surface area contributed by atoms with E-state index in [4.69, 9.17) is 9.47 Å². The van der Waals surface area contributed by atoms with Gasteiger partial charge in [0.1, 0.15) is 18.2 Å². The molecule has 3 aromatic rings. The van der Waals surface area contributed by atoms with E-state index in [1.165, 1.54) is 6.20 Å². The molecule has 0 aliphatic heterocycles. The summed E-state index contributed by atoms with van der Waals surface area (Å²) in [6.45, 7) is 5.24. The van der Waals surface area contributed by atoms with Gasteiger partial charge in [-0.3, -0.25) is 0 Å². The number of esters is 1. The number of nitrogens with zero attached hydrogens (tertiary/aromatic N) is 1. The maximum Gasteiger partial charge on any atom is 0.407 e. The summed E-state index contributed by atoms with van der Waals surface area (Å²) in [5.41, 5.74) is 3.91. The van der Waals surface area contributed by atoms with Gasteiger partial charge in [0, 0.05) is 18.5 Å². The van der Waals surface area contributed by atoms with Crippen LogP contribution in [0.1, 0.15) is 53.9 Å². The van der Waals surface area contributed by atoms with Crippen LogP contribution in [0.5, 0.6) is 0 Å². The summed E-state index contributed by atoms with van der Waals surface area (Å²) in [4.78, 5) is 41.2. The molecule has 2 N–H and O–H groups in total. The van der Waals surface area contributed by atoms with E-state index in [1.54, 1.807) is 32.9 Å². The van der Waals surface area contributed by atoms with Crippen molar-refractivity contribution in [3.63, 3.8) is 0 Å². The van der Waals surface area contributed by atoms with Crippen LogP contribution in [0.4, 0.5) is 4.79 Å². The number of hydrogen-bond acceptors (Lipinski definition) is 6. The molecule has 1 aliphatic carbocycles. The molecule has 0 unspecified atom stereocenters. The monoisotopic (exact) mass is 488 g/mol. The Labute approximate surface area is 209 Å². The van der Waals surface area contributed by atoms with Crippen LogP contribution < -0.4 is 5.32 Å². The van der Waals surface area contributed by atoms with Crippen molar-refractivity contribution in [2.24, 2.45) is 0 Å². The Morgan fingerprint density at radius 3 is 2.17 bits per heavy atom. The van der Waals surface area contributed by atoms with Crippen LogP contribution in [0, 0.1) is 0 Å². The average Bonchev–Trinajstić information content (AvgIpc) is 3.15. The predicted octanol–water partition coefficient (Wildman–Crippen LogP) is 4.57. The van der Waals surface area contributed by atoms with Gasteiger partial charge in [0.2, 0.25) is 0 Å². The molecular weight excluding hydrogens is 460 g/mol. The minimum Gasteiger partial charge on any atom is -0.480 e. The molecule has 8 heteroatoms. The van der Waals surface area contributed by atoms with Crippen molar-refractivity contribution >= 4 is 18.0 Å². The molecule has 0 saturated heterocycles. The van der Waals surface area contributed by atoms with E-state index in [0.717, 1.165) is 22.3 Å². The van der Waals surface area contributed by atoms with Gasteiger partial charge < -0.3 is 19.9 Å². The van der Waals surface area contributed by atoms with Gasteiger partial charge in [-0.05, 0) is 54.7 Å². The molecule has 0 fully saturated rings. The highest BCUT2D eigenvalue weighted by Crippen LogP contribution is 2.44. The number of carboxylic acids is 1. The number of carbonyl (C=O) groups is 3. The Morgan fingerprint density at radius 1 is 0.972 bits per heavy atom. The summed E-state index contributed by atoms with van der Waals surface area (Å²) in [6.07, 6.45) is 0.409. The molecule has 36 heavy (non-hydrogen) atoms. The number of amides is 1. The van der Waals surface area contributed by atoms with Gasteiger partial charge in [0.25, 0.3) is 0 Å². The van der Waals surface area contributed by atoms with Crippen molar-refractivity contribution in [2.45, 2.75) is 44.8 Å². The highest BCUT2D eigenvalue weighted by molar-refractivity contribution is 5.89. The number of carboxylic acid groups (broad SMARTS) is 1. The summed E-state index contributed by atoms with van der Waals surface area (Å²) < 4.78 is 10.9. The fraction of sp³-hybridized carbons (Fsp3) is 0.286. The van der Waals surface area contributed by atoms with Crippen LogP contribution in [0.25, 0.3) is 11.1 Å². The topological polar surface area (TPSA) is 115 Å². The van der Waals surface area contributed by atoms with Crippen LogP contribution >= 0.6 is 0 Å². The molecule has 1 heterocycles. The van der Waals surface area contributed by atoms with Crippen LogP contribution in [-0.2, 0) is 20.7 Å². The molecule has 1 aromatic heterocycles. The number of aromatic nitrogens is 1. The summed E-state index contributed by atoms with van der Waals surface area (Å²) >= 11 is 0. The molecule has 2 aromatic carbocycles. The molecular formula is C28H28N2O6. The minimum absolute atomic E-state index is 0.00742. The Bertz CT molecular complexity index is 1250. The molecule has 186 valence electrons. The predicted molar refractivity (Wildman–Crippen MR) is 133 cm³/mol. The maximum absolute atomic E-state index is 12.6. The Hall–Kier alpha value is -4.20. The van der Waals surface area contributed by atoms with Crippen molar-refractivity contribution in [1.82, 2.24) is 10.3 Å². The van der Waals surface area contributed by atoms with Crippen molar-refractivity contribution in [3.05, 3.63) is 89.2 Å². The van der Waals surface area contributed by atoms with Crippen molar-refractivity contribution in [2.75, 3.05) is 6.61 Å². The SMILES string of the molecule is CC(C)(C)OC(=O)c1ncccc1C[C@H](NC(=O)OCC1c2ccccc2-c2ccccc21)C(=O)O. The Kier molecular flexibility index (Phi) is 7.05. The largest absolute Gasteiger partial charge is 0.480 e. The lowest BCUT2D eigenvalue weighted by Gasteiger charge is -2.21. The number of aliphatic carboxylic acids is 1. The highest BCUT2D eigenvalue weighted by atomic mass is 16.6. The lowest BCUT2D eigenvalue weighted by atomic mass is 9.98. The van der Waals surface area contributed by atoms with Gasteiger partial charge in [0.15, 0.2) is 5.69 Å². The molecule has 0 bridgehead atoms. The van der Waals surface area contributed by atoms with E-state index in [1.807, 2.05) is 48.5 Å². The van der Waals surface area contributed by atoms with E-state index in [-0.39, 0.29) is 24.6 Å². The molecule has 4 rings (SSSR count). The number of ether oxygens (including phenoxy) is 2. The molecule has 1 aliphatic rings. The molecule has 8 nitrogen and oxygen atoms in total. The zero-order valence-electron chi connectivity index (χ0n) is 20.4. The van der Waals surface area contributed by atoms with Crippen LogP contribution in [0.2, 0.25) is 0 Å². The number of rotatable bonds is 7. The third-order valence-electron chi connectivity index (χ3n) is 5.84. The molecule has 1 amide bonds. The van der Waals surface area contributed by atoms with Gasteiger partial charge in [-0.1, -0.05) is 54.6 Å². The molecule has 0 radical (unpaired) electrons. The minimum atomic E-state index is -1.33. The zero-order chi connectivity index (χ0) is 25.9. The van der Waals surface area contributed by atoms with Crippen LogP contribution in [0.15, 0.2) is 66.9 Å². The highest BCUT2D eigenvalue weighted by Gasteiger charge is 2.30. The summed E-state index contributed by atoms with van der Waals surface area (Å²) in [5.74, 6) is -2.07. The van der Waals surface area contributed by atoms with E-state index in [9.17, 15) is 19.5 Å². The Morgan fingerprint density at radius 2 is 1.58 bits per heavy atom. The second-order valence-corrected chi connectivity index (χ2v) is 9.58. The number of benzene rings is 2. The maximum atomic E-state index is 12.6. The van der Waals surface area contributed by atoms with Gasteiger partial charge >= 0.3 is 18.0 Å². The lowest BCUT2D eigenvalue weighted by Crippen LogP contribution is -2.43.